The fourth-order valence-corrected chi connectivity index (χ4v) is 8.37. The van der Waals surface area contributed by atoms with Crippen molar-refractivity contribution in [1.82, 2.24) is 19.5 Å². The minimum absolute atomic E-state index is 0.635. The third kappa shape index (κ3) is 5.03. The van der Waals surface area contributed by atoms with Crippen LogP contribution in [0.25, 0.3) is 105 Å². The van der Waals surface area contributed by atoms with Gasteiger partial charge in [0.25, 0.3) is 0 Å². The molecule has 0 spiro atoms. The Morgan fingerprint density at radius 1 is 0.291 bits per heavy atom. The normalized spacial score (nSPS) is 11.6. The van der Waals surface area contributed by atoms with Crippen LogP contribution in [0.3, 0.4) is 0 Å². The zero-order valence-electron chi connectivity index (χ0n) is 29.8. The van der Waals surface area contributed by atoms with Gasteiger partial charge in [-0.25, -0.2) is 15.0 Å². The summed E-state index contributed by atoms with van der Waals surface area (Å²) in [6.07, 6.45) is 0. The number of benzene rings is 9. The van der Waals surface area contributed by atoms with Gasteiger partial charge in [0.15, 0.2) is 17.5 Å². The molecule has 0 atom stereocenters. The Kier molecular flexibility index (Phi) is 7.14. The minimum Gasteiger partial charge on any atom is -0.309 e. The Morgan fingerprint density at radius 2 is 0.782 bits per heavy atom. The molecule has 9 aromatic carbocycles. The quantitative estimate of drug-likeness (QED) is 0.179. The van der Waals surface area contributed by atoms with Crippen LogP contribution in [0.5, 0.6) is 0 Å². The van der Waals surface area contributed by atoms with E-state index < -0.39 is 0 Å². The van der Waals surface area contributed by atoms with E-state index in [9.17, 15) is 0 Å². The number of rotatable bonds is 5. The molecule has 0 unspecified atom stereocenters. The molecular formula is C51H32N4. The second kappa shape index (κ2) is 12.6. The second-order valence-corrected chi connectivity index (χ2v) is 14.0. The third-order valence-electron chi connectivity index (χ3n) is 10.9. The molecule has 4 heteroatoms. The largest absolute Gasteiger partial charge is 0.309 e. The number of fused-ring (bicyclic) bond motifs is 7. The van der Waals surface area contributed by atoms with Crippen LogP contribution in [0.2, 0.25) is 0 Å². The molecule has 2 heterocycles. The van der Waals surface area contributed by atoms with Crippen molar-refractivity contribution in [2.24, 2.45) is 0 Å². The van der Waals surface area contributed by atoms with E-state index in [0.717, 1.165) is 43.9 Å². The summed E-state index contributed by atoms with van der Waals surface area (Å²) in [5.74, 6) is 1.91. The van der Waals surface area contributed by atoms with Gasteiger partial charge in [0.2, 0.25) is 0 Å². The topological polar surface area (TPSA) is 43.6 Å². The van der Waals surface area contributed by atoms with Crippen LogP contribution < -0.4 is 0 Å². The van der Waals surface area contributed by atoms with Crippen LogP contribution in [-0.4, -0.2) is 19.5 Å². The molecule has 256 valence electrons. The highest BCUT2D eigenvalue weighted by Gasteiger charge is 2.20. The predicted octanol–water partition coefficient (Wildman–Crippen LogP) is 13.1. The molecule has 0 saturated carbocycles. The first-order valence-corrected chi connectivity index (χ1v) is 18.6. The number of nitrogens with zero attached hydrogens (tertiary/aromatic N) is 4. The third-order valence-corrected chi connectivity index (χ3v) is 10.9. The molecule has 4 nitrogen and oxygen atoms in total. The first-order chi connectivity index (χ1) is 27.3. The van der Waals surface area contributed by atoms with Crippen molar-refractivity contribution in [2.45, 2.75) is 0 Å². The molecular weight excluding hydrogens is 669 g/mol. The lowest BCUT2D eigenvalue weighted by atomic mass is 9.94. The van der Waals surface area contributed by atoms with Gasteiger partial charge in [-0.1, -0.05) is 164 Å². The van der Waals surface area contributed by atoms with Crippen molar-refractivity contribution >= 4 is 54.1 Å². The first-order valence-electron chi connectivity index (χ1n) is 18.6. The number of para-hydroxylation sites is 1. The van der Waals surface area contributed by atoms with Crippen LogP contribution in [-0.2, 0) is 0 Å². The lowest BCUT2D eigenvalue weighted by molar-refractivity contribution is 1.08. The Bertz CT molecular complexity index is 3260. The van der Waals surface area contributed by atoms with E-state index in [2.05, 4.69) is 180 Å². The maximum absolute atomic E-state index is 5.30. The standard InChI is InChI=1S/C51H32N4/c1-3-15-33(16-4-1)36-28-29-42(39-22-10-9-21-38(36)39)50-52-49(35-18-5-2-6-19-35)53-51(54-50)43-30-32-46(41-24-12-11-23-40(41)43)55-45-26-14-13-25-44(45)48-37-20-8-7-17-34(37)27-31-47(48)55/h1-32H. The molecule has 11 aromatic rings. The van der Waals surface area contributed by atoms with Crippen LogP contribution in [0, 0.1) is 0 Å². The Morgan fingerprint density at radius 3 is 1.49 bits per heavy atom. The number of hydrogen-bond donors (Lipinski definition) is 0. The monoisotopic (exact) mass is 700 g/mol. The highest BCUT2D eigenvalue weighted by molar-refractivity contribution is 6.22. The van der Waals surface area contributed by atoms with Gasteiger partial charge in [-0.15, -0.1) is 0 Å². The average Bonchev–Trinajstić information content (AvgIpc) is 3.61. The summed E-state index contributed by atoms with van der Waals surface area (Å²) in [5, 5.41) is 9.45. The summed E-state index contributed by atoms with van der Waals surface area (Å²) < 4.78 is 2.41. The van der Waals surface area contributed by atoms with Crippen molar-refractivity contribution < 1.29 is 0 Å². The van der Waals surface area contributed by atoms with Gasteiger partial charge in [-0.3, -0.25) is 0 Å². The van der Waals surface area contributed by atoms with Gasteiger partial charge in [-0.2, -0.15) is 0 Å². The van der Waals surface area contributed by atoms with E-state index in [4.69, 9.17) is 15.0 Å². The van der Waals surface area contributed by atoms with E-state index >= 15 is 0 Å². The van der Waals surface area contributed by atoms with Crippen molar-refractivity contribution in [3.05, 3.63) is 194 Å². The Balaban J connectivity index is 1.15. The molecule has 0 amide bonds. The van der Waals surface area contributed by atoms with Crippen molar-refractivity contribution in [1.29, 1.82) is 0 Å². The zero-order chi connectivity index (χ0) is 36.3. The first kappa shape index (κ1) is 31.1. The molecule has 2 aromatic heterocycles. The SMILES string of the molecule is c1ccc(-c2nc(-c3ccc(-c4ccccc4)c4ccccc34)nc(-c3ccc(-n4c5ccccc5c5c6ccccc6ccc54)c4ccccc34)n2)cc1. The van der Waals surface area contributed by atoms with Gasteiger partial charge in [-0.05, 0) is 68.4 Å². The molecule has 55 heavy (non-hydrogen) atoms. The summed E-state index contributed by atoms with van der Waals surface area (Å²) >= 11 is 0. The van der Waals surface area contributed by atoms with Gasteiger partial charge < -0.3 is 4.57 Å². The molecule has 0 N–H and O–H groups in total. The van der Waals surface area contributed by atoms with Gasteiger partial charge in [0, 0.05) is 32.8 Å². The van der Waals surface area contributed by atoms with E-state index in [-0.39, 0.29) is 0 Å². The Labute approximate surface area is 317 Å². The second-order valence-electron chi connectivity index (χ2n) is 14.0. The van der Waals surface area contributed by atoms with E-state index in [1.807, 2.05) is 18.2 Å². The maximum atomic E-state index is 5.30. The molecule has 0 saturated heterocycles. The van der Waals surface area contributed by atoms with Gasteiger partial charge in [0.1, 0.15) is 0 Å². The van der Waals surface area contributed by atoms with E-state index in [1.165, 1.54) is 43.7 Å². The van der Waals surface area contributed by atoms with Crippen LogP contribution in [0.1, 0.15) is 0 Å². The van der Waals surface area contributed by atoms with Crippen molar-refractivity contribution in [3.8, 4) is 51.0 Å². The van der Waals surface area contributed by atoms with Crippen LogP contribution in [0.15, 0.2) is 194 Å². The summed E-state index contributed by atoms with van der Waals surface area (Å²) in [6.45, 7) is 0. The molecule has 0 bridgehead atoms. The molecule has 0 aliphatic heterocycles. The summed E-state index contributed by atoms with van der Waals surface area (Å²) in [5.41, 5.74) is 8.68. The number of aromatic nitrogens is 4. The average molecular weight is 701 g/mol. The highest BCUT2D eigenvalue weighted by Crippen LogP contribution is 2.41. The van der Waals surface area contributed by atoms with Crippen LogP contribution in [0.4, 0.5) is 0 Å². The van der Waals surface area contributed by atoms with E-state index in [1.54, 1.807) is 0 Å². The lowest BCUT2D eigenvalue weighted by Crippen LogP contribution is -2.02. The van der Waals surface area contributed by atoms with E-state index in [0.29, 0.717) is 17.5 Å². The van der Waals surface area contributed by atoms with Gasteiger partial charge >= 0.3 is 0 Å². The lowest BCUT2D eigenvalue weighted by Gasteiger charge is -2.16. The molecule has 11 rings (SSSR count). The highest BCUT2D eigenvalue weighted by atomic mass is 15.0. The fraction of sp³-hybridized carbons (Fsp3) is 0. The predicted molar refractivity (Wildman–Crippen MR) is 228 cm³/mol. The number of hydrogen-bond acceptors (Lipinski definition) is 3. The molecule has 0 radical (unpaired) electrons. The zero-order valence-corrected chi connectivity index (χ0v) is 29.8. The fourth-order valence-electron chi connectivity index (χ4n) is 8.37. The minimum atomic E-state index is 0.635. The van der Waals surface area contributed by atoms with Crippen molar-refractivity contribution in [2.75, 3.05) is 0 Å². The molecule has 0 fully saturated rings. The van der Waals surface area contributed by atoms with Gasteiger partial charge in [0.05, 0.1) is 16.7 Å². The van der Waals surface area contributed by atoms with Crippen LogP contribution >= 0.6 is 0 Å². The smallest absolute Gasteiger partial charge is 0.164 e. The summed E-state index contributed by atoms with van der Waals surface area (Å²) in [7, 11) is 0. The Hall–Kier alpha value is -7.43. The maximum Gasteiger partial charge on any atom is 0.164 e. The molecule has 0 aliphatic rings. The van der Waals surface area contributed by atoms with Crippen molar-refractivity contribution in [3.63, 3.8) is 0 Å². The summed E-state index contributed by atoms with van der Waals surface area (Å²) in [4.78, 5) is 15.6. The summed E-state index contributed by atoms with van der Waals surface area (Å²) in [6, 6.07) is 68.6. The molecule has 0 aliphatic carbocycles.